The summed E-state index contributed by atoms with van der Waals surface area (Å²) in [5, 5.41) is 0.0690. The molecule has 0 radical (unpaired) electrons. The first-order chi connectivity index (χ1) is 7.59. The largest absolute Gasteiger partial charge is 0.320 e. The van der Waals surface area contributed by atoms with Crippen molar-refractivity contribution in [2.45, 2.75) is 6.04 Å². The molecule has 1 heterocycles. The van der Waals surface area contributed by atoms with E-state index in [1.165, 1.54) is 17.4 Å². The van der Waals surface area contributed by atoms with Gasteiger partial charge in [0.1, 0.15) is 5.82 Å². The van der Waals surface area contributed by atoms with Crippen LogP contribution in [-0.2, 0) is 0 Å². The van der Waals surface area contributed by atoms with Gasteiger partial charge in [-0.05, 0) is 23.8 Å². The van der Waals surface area contributed by atoms with Crippen LogP contribution in [0.4, 0.5) is 4.39 Å². The second-order valence-electron chi connectivity index (χ2n) is 3.26. The first-order valence-corrected chi connectivity index (χ1v) is 6.11. The summed E-state index contributed by atoms with van der Waals surface area (Å²) in [6.07, 6.45) is 0. The zero-order chi connectivity index (χ0) is 11.7. The first-order valence-electron chi connectivity index (χ1n) is 4.54. The Morgan fingerprint density at radius 1 is 1.19 bits per heavy atom. The molecule has 0 aliphatic carbocycles. The maximum atomic E-state index is 13.3. The van der Waals surface area contributed by atoms with Gasteiger partial charge >= 0.3 is 0 Å². The molecule has 2 rings (SSSR count). The van der Waals surface area contributed by atoms with Gasteiger partial charge in [0.25, 0.3) is 0 Å². The summed E-state index contributed by atoms with van der Waals surface area (Å²) in [5.41, 5.74) is 6.57. The molecule has 1 unspecified atom stereocenters. The van der Waals surface area contributed by atoms with Crippen LogP contribution in [0.15, 0.2) is 30.3 Å². The third-order valence-electron chi connectivity index (χ3n) is 2.22. The van der Waals surface area contributed by atoms with E-state index in [1.807, 2.05) is 6.07 Å². The van der Waals surface area contributed by atoms with Crippen LogP contribution in [0.2, 0.25) is 9.36 Å². The molecule has 1 atom stereocenters. The summed E-state index contributed by atoms with van der Waals surface area (Å²) < 4.78 is 13.9. The van der Waals surface area contributed by atoms with E-state index in [1.54, 1.807) is 18.2 Å². The van der Waals surface area contributed by atoms with Crippen molar-refractivity contribution in [3.05, 3.63) is 55.9 Å². The first kappa shape index (κ1) is 11.9. The Kier molecular flexibility index (Phi) is 3.50. The Morgan fingerprint density at radius 3 is 2.56 bits per heavy atom. The number of benzene rings is 1. The minimum atomic E-state index is -0.461. The topological polar surface area (TPSA) is 26.0 Å². The van der Waals surface area contributed by atoms with E-state index in [2.05, 4.69) is 0 Å². The van der Waals surface area contributed by atoms with Crippen molar-refractivity contribution in [3.8, 4) is 0 Å². The zero-order valence-corrected chi connectivity index (χ0v) is 10.4. The van der Waals surface area contributed by atoms with Gasteiger partial charge in [-0.3, -0.25) is 0 Å². The quantitative estimate of drug-likeness (QED) is 0.872. The van der Waals surface area contributed by atoms with Crippen LogP contribution in [0.3, 0.4) is 0 Å². The third-order valence-corrected chi connectivity index (χ3v) is 3.93. The molecule has 2 N–H and O–H groups in total. The minimum absolute atomic E-state index is 0.0690. The van der Waals surface area contributed by atoms with Crippen LogP contribution in [0.25, 0.3) is 0 Å². The van der Waals surface area contributed by atoms with Gasteiger partial charge in [-0.2, -0.15) is 0 Å². The average Bonchev–Trinajstić information content (AvgIpc) is 2.68. The normalized spacial score (nSPS) is 12.8. The van der Waals surface area contributed by atoms with Gasteiger partial charge in [-0.1, -0.05) is 35.3 Å². The van der Waals surface area contributed by atoms with Crippen molar-refractivity contribution in [1.29, 1.82) is 0 Å². The van der Waals surface area contributed by atoms with Gasteiger partial charge in [0.05, 0.1) is 15.4 Å². The molecule has 2 aromatic rings. The molecule has 1 aromatic carbocycles. The van der Waals surface area contributed by atoms with E-state index in [0.29, 0.717) is 9.90 Å². The molecule has 0 spiro atoms. The van der Waals surface area contributed by atoms with Crippen molar-refractivity contribution in [1.82, 2.24) is 0 Å². The summed E-state index contributed by atoms with van der Waals surface area (Å²) in [5.74, 6) is -0.461. The number of nitrogens with two attached hydrogens (primary N) is 1. The summed E-state index contributed by atoms with van der Waals surface area (Å²) in [6, 6.07) is 7.74. The van der Waals surface area contributed by atoms with Crippen molar-refractivity contribution < 1.29 is 4.39 Å². The molecule has 0 saturated heterocycles. The SMILES string of the molecule is NC(c1ccc(Cl)s1)c1cccc(F)c1Cl. The van der Waals surface area contributed by atoms with E-state index in [9.17, 15) is 4.39 Å². The predicted molar refractivity (Wildman–Crippen MR) is 66.8 cm³/mol. The smallest absolute Gasteiger partial charge is 0.142 e. The molecule has 0 aliphatic rings. The molecule has 1 nitrogen and oxygen atoms in total. The summed E-state index contributed by atoms with van der Waals surface area (Å²) in [4.78, 5) is 0.859. The summed E-state index contributed by atoms with van der Waals surface area (Å²) in [7, 11) is 0. The van der Waals surface area contributed by atoms with Crippen LogP contribution in [0.1, 0.15) is 16.5 Å². The molecule has 16 heavy (non-hydrogen) atoms. The molecular formula is C11H8Cl2FNS. The van der Waals surface area contributed by atoms with E-state index in [0.717, 1.165) is 4.88 Å². The Bertz CT molecular complexity index is 512. The van der Waals surface area contributed by atoms with Gasteiger partial charge in [0.15, 0.2) is 0 Å². The highest BCUT2D eigenvalue weighted by atomic mass is 35.5. The molecule has 5 heteroatoms. The van der Waals surface area contributed by atoms with E-state index in [-0.39, 0.29) is 5.02 Å². The third kappa shape index (κ3) is 2.23. The lowest BCUT2D eigenvalue weighted by Crippen LogP contribution is -2.11. The molecule has 0 saturated carbocycles. The number of hydrogen-bond donors (Lipinski definition) is 1. The molecule has 0 fully saturated rings. The predicted octanol–water partition coefficient (Wildman–Crippen LogP) is 4.24. The van der Waals surface area contributed by atoms with Crippen LogP contribution < -0.4 is 5.73 Å². The highest BCUT2D eigenvalue weighted by Gasteiger charge is 2.16. The van der Waals surface area contributed by atoms with Crippen molar-refractivity contribution in [2.24, 2.45) is 5.73 Å². The maximum Gasteiger partial charge on any atom is 0.142 e. The molecule has 84 valence electrons. The lowest BCUT2D eigenvalue weighted by Gasteiger charge is -2.12. The van der Waals surface area contributed by atoms with Gasteiger partial charge in [0.2, 0.25) is 0 Å². The number of hydrogen-bond acceptors (Lipinski definition) is 2. The molecule has 0 aliphatic heterocycles. The van der Waals surface area contributed by atoms with Crippen LogP contribution in [-0.4, -0.2) is 0 Å². The van der Waals surface area contributed by atoms with Crippen LogP contribution in [0.5, 0.6) is 0 Å². The molecule has 0 bridgehead atoms. The highest BCUT2D eigenvalue weighted by Crippen LogP contribution is 2.33. The summed E-state index contributed by atoms with van der Waals surface area (Å²) in [6.45, 7) is 0. The molecular weight excluding hydrogens is 268 g/mol. The van der Waals surface area contributed by atoms with Crippen molar-refractivity contribution in [2.75, 3.05) is 0 Å². The fourth-order valence-corrected chi connectivity index (χ4v) is 2.73. The fraction of sp³-hybridized carbons (Fsp3) is 0.0909. The van der Waals surface area contributed by atoms with E-state index >= 15 is 0 Å². The standard InChI is InChI=1S/C11H8Cl2FNS/c12-9-5-4-8(16-9)11(15)6-2-1-3-7(14)10(6)13/h1-5,11H,15H2. The molecule has 1 aromatic heterocycles. The van der Waals surface area contributed by atoms with Crippen LogP contribution >= 0.6 is 34.5 Å². The summed E-state index contributed by atoms with van der Waals surface area (Å²) >= 11 is 13.0. The van der Waals surface area contributed by atoms with Crippen LogP contribution in [0, 0.1) is 5.82 Å². The average molecular weight is 276 g/mol. The lowest BCUT2D eigenvalue weighted by molar-refractivity contribution is 0.624. The van der Waals surface area contributed by atoms with Gasteiger partial charge in [-0.25, -0.2) is 4.39 Å². The van der Waals surface area contributed by atoms with E-state index < -0.39 is 11.9 Å². The van der Waals surface area contributed by atoms with Crippen molar-refractivity contribution in [3.63, 3.8) is 0 Å². The number of halogens is 3. The van der Waals surface area contributed by atoms with Crippen molar-refractivity contribution >= 4 is 34.5 Å². The molecule has 0 amide bonds. The second-order valence-corrected chi connectivity index (χ2v) is 5.39. The number of thiophene rings is 1. The van der Waals surface area contributed by atoms with Gasteiger partial charge in [0, 0.05) is 4.88 Å². The number of rotatable bonds is 2. The lowest BCUT2D eigenvalue weighted by atomic mass is 10.1. The monoisotopic (exact) mass is 275 g/mol. The fourth-order valence-electron chi connectivity index (χ4n) is 1.41. The minimum Gasteiger partial charge on any atom is -0.320 e. The Hall–Kier alpha value is -0.610. The second kappa shape index (κ2) is 4.72. The van der Waals surface area contributed by atoms with Gasteiger partial charge in [-0.15, -0.1) is 11.3 Å². The van der Waals surface area contributed by atoms with Gasteiger partial charge < -0.3 is 5.73 Å². The highest BCUT2D eigenvalue weighted by molar-refractivity contribution is 7.16. The Balaban J connectivity index is 2.41. The maximum absolute atomic E-state index is 13.3. The Morgan fingerprint density at radius 2 is 1.94 bits per heavy atom. The van der Waals surface area contributed by atoms with E-state index in [4.69, 9.17) is 28.9 Å². The Labute approximate surface area is 107 Å². The zero-order valence-electron chi connectivity index (χ0n) is 8.08.